The van der Waals surface area contributed by atoms with E-state index in [9.17, 15) is 4.79 Å². The second-order valence-electron chi connectivity index (χ2n) is 13.8. The molecular weight excluding hydrogens is 553 g/mol. The van der Waals surface area contributed by atoms with E-state index in [0.717, 1.165) is 46.2 Å². The first-order valence-corrected chi connectivity index (χ1v) is 15.4. The molecule has 0 radical (unpaired) electrons. The van der Waals surface area contributed by atoms with Crippen LogP contribution in [0.2, 0.25) is 0 Å². The van der Waals surface area contributed by atoms with E-state index in [1.807, 2.05) is 85.0 Å². The number of hydrogen-bond donors (Lipinski definition) is 1. The van der Waals surface area contributed by atoms with E-state index < -0.39 is 23.9 Å². The monoisotopic (exact) mass is 595 g/mol. The van der Waals surface area contributed by atoms with E-state index >= 15 is 0 Å². The normalized spacial score (nSPS) is 19.8. The molecule has 2 aromatic carbocycles. The predicted octanol–water partition coefficient (Wildman–Crippen LogP) is 6.20. The highest BCUT2D eigenvalue weighted by Crippen LogP contribution is 2.38. The zero-order chi connectivity index (χ0) is 31.3. The van der Waals surface area contributed by atoms with E-state index in [4.69, 9.17) is 24.0 Å². The van der Waals surface area contributed by atoms with Gasteiger partial charge in [0.15, 0.2) is 0 Å². The summed E-state index contributed by atoms with van der Waals surface area (Å²) in [6.45, 7) is 15.0. The Morgan fingerprint density at radius 2 is 1.70 bits per heavy atom. The molecule has 0 spiro atoms. The predicted molar refractivity (Wildman–Crippen MR) is 174 cm³/mol. The number of carbonyl (C=O) groups is 1. The molecule has 2 aliphatic heterocycles. The van der Waals surface area contributed by atoms with Crippen molar-refractivity contribution >= 4 is 35.5 Å². The van der Waals surface area contributed by atoms with Crippen LogP contribution in [0.15, 0.2) is 67.0 Å². The first-order valence-electron chi connectivity index (χ1n) is 15.4. The maximum atomic E-state index is 12.8. The number of anilines is 1. The van der Waals surface area contributed by atoms with Crippen molar-refractivity contribution in [3.05, 3.63) is 67.0 Å². The first kappa shape index (κ1) is 30.2. The Morgan fingerprint density at radius 1 is 1.02 bits per heavy atom. The second-order valence-corrected chi connectivity index (χ2v) is 13.8. The van der Waals surface area contributed by atoms with Crippen LogP contribution in [0.5, 0.6) is 0 Å². The summed E-state index contributed by atoms with van der Waals surface area (Å²) in [7, 11) is -0.639. The smallest absolute Gasteiger partial charge is 0.444 e. The average molecular weight is 596 g/mol. The lowest BCUT2D eigenvalue weighted by molar-refractivity contribution is 0.00578. The molecule has 1 atom stereocenters. The van der Waals surface area contributed by atoms with Gasteiger partial charge >= 0.3 is 13.2 Å². The number of fused-ring (bicyclic) bond motifs is 1. The molecule has 1 N–H and O–H groups in total. The minimum absolute atomic E-state index is 0.0162. The van der Waals surface area contributed by atoms with Gasteiger partial charge in [0, 0.05) is 53.6 Å². The molecule has 44 heavy (non-hydrogen) atoms. The summed E-state index contributed by atoms with van der Waals surface area (Å²) < 4.78 is 20.8. The first-order chi connectivity index (χ1) is 20.8. The van der Waals surface area contributed by atoms with E-state index in [0.29, 0.717) is 19.0 Å². The van der Waals surface area contributed by atoms with Gasteiger partial charge in [-0.1, -0.05) is 36.4 Å². The van der Waals surface area contributed by atoms with Crippen LogP contribution < -0.4 is 10.8 Å². The molecule has 0 saturated carbocycles. The highest BCUT2D eigenvalue weighted by molar-refractivity contribution is 6.63. The summed E-state index contributed by atoms with van der Waals surface area (Å²) in [5, 5.41) is 4.58. The highest BCUT2D eigenvalue weighted by Gasteiger charge is 2.52. The molecule has 2 fully saturated rings. The quantitative estimate of drug-likeness (QED) is 0.275. The Balaban J connectivity index is 1.39. The Kier molecular flexibility index (Phi) is 7.70. The lowest BCUT2D eigenvalue weighted by Crippen LogP contribution is -2.47. The van der Waals surface area contributed by atoms with Crippen LogP contribution in [0.4, 0.5) is 10.7 Å². The van der Waals surface area contributed by atoms with Gasteiger partial charge in [-0.15, -0.1) is 0 Å². The molecule has 1 amide bonds. The highest BCUT2D eigenvalue weighted by atomic mass is 16.7. The fourth-order valence-electron chi connectivity index (χ4n) is 5.76. The Labute approximate surface area is 260 Å². The minimum atomic E-state index is -0.639. The van der Waals surface area contributed by atoms with Gasteiger partial charge in [0.1, 0.15) is 5.60 Å². The zero-order valence-corrected chi connectivity index (χ0v) is 26.8. The molecule has 2 saturated heterocycles. The van der Waals surface area contributed by atoms with Gasteiger partial charge < -0.3 is 28.8 Å². The Morgan fingerprint density at radius 3 is 2.41 bits per heavy atom. The molecule has 0 bridgehead atoms. The van der Waals surface area contributed by atoms with E-state index in [1.165, 1.54) is 0 Å². The summed E-state index contributed by atoms with van der Waals surface area (Å²) in [6.07, 6.45) is 5.40. The van der Waals surface area contributed by atoms with Crippen LogP contribution in [0.1, 0.15) is 61.3 Å². The maximum Gasteiger partial charge on any atom is 0.498 e. The fraction of sp³-hybridized carbons (Fsp3) is 0.441. The lowest BCUT2D eigenvalue weighted by Gasteiger charge is -2.34. The van der Waals surface area contributed by atoms with E-state index in [1.54, 1.807) is 4.90 Å². The van der Waals surface area contributed by atoms with Crippen LogP contribution in [0.3, 0.4) is 0 Å². The van der Waals surface area contributed by atoms with Crippen molar-refractivity contribution in [2.24, 2.45) is 0 Å². The van der Waals surface area contributed by atoms with Gasteiger partial charge in [0.25, 0.3) is 0 Å². The van der Waals surface area contributed by atoms with Crippen molar-refractivity contribution in [3.8, 4) is 16.9 Å². The fourth-order valence-corrected chi connectivity index (χ4v) is 5.76. The molecule has 0 unspecified atom stereocenters. The van der Waals surface area contributed by atoms with Crippen LogP contribution >= 0.6 is 0 Å². The molecule has 6 rings (SSSR count). The van der Waals surface area contributed by atoms with Gasteiger partial charge in [0.05, 0.1) is 22.4 Å². The largest absolute Gasteiger partial charge is 0.498 e. The number of nitrogens with one attached hydrogen (secondary N) is 1. The van der Waals surface area contributed by atoms with E-state index in [-0.39, 0.29) is 12.1 Å². The molecule has 9 nitrogen and oxygen atoms in total. The van der Waals surface area contributed by atoms with Crippen molar-refractivity contribution in [3.63, 3.8) is 0 Å². The molecule has 230 valence electrons. The zero-order valence-electron chi connectivity index (χ0n) is 26.8. The van der Waals surface area contributed by atoms with Crippen molar-refractivity contribution in [1.82, 2.24) is 19.4 Å². The number of hydrogen-bond acceptors (Lipinski definition) is 7. The molecule has 4 heterocycles. The SMILES string of the molecule is CC(C)(C)OC(=O)N1CCC[C@H](Nc2ncc(B3OC(C)(C)C(C)(C)O3)c(-c3cn(-c4ccccc4)c4ccccc34)n2)C1. The van der Waals surface area contributed by atoms with Crippen LogP contribution in [0, 0.1) is 0 Å². The van der Waals surface area contributed by atoms with E-state index in [2.05, 4.69) is 40.3 Å². The van der Waals surface area contributed by atoms with Gasteiger partial charge in [-0.3, -0.25) is 0 Å². The van der Waals surface area contributed by atoms with Gasteiger partial charge in [-0.25, -0.2) is 14.8 Å². The molecule has 10 heteroatoms. The standard InChI is InChI=1S/C34H42BN5O4/c1-32(2,3)42-31(41)39-19-13-14-23(21-39)37-30-36-20-27(35-43-33(4,5)34(6,7)44-35)29(38-30)26-22-40(24-15-9-8-10-16-24)28-18-12-11-17-25(26)28/h8-12,15-18,20,22-23H,13-14,19,21H2,1-7H3,(H,36,37,38)/t23-/m0/s1. The maximum absolute atomic E-state index is 12.8. The number of aromatic nitrogens is 3. The Bertz CT molecular complexity index is 1650. The van der Waals surface area contributed by atoms with Crippen molar-refractivity contribution in [2.75, 3.05) is 18.4 Å². The number of carbonyl (C=O) groups excluding carboxylic acids is 1. The third-order valence-corrected chi connectivity index (χ3v) is 8.73. The molecule has 0 aliphatic carbocycles. The molecule has 2 aromatic heterocycles. The topological polar surface area (TPSA) is 90.7 Å². The third kappa shape index (κ3) is 5.93. The third-order valence-electron chi connectivity index (χ3n) is 8.73. The number of para-hydroxylation sites is 2. The summed E-state index contributed by atoms with van der Waals surface area (Å²) in [5.41, 5.74) is 3.02. The number of ether oxygens (including phenoxy) is 1. The number of rotatable bonds is 5. The lowest BCUT2D eigenvalue weighted by atomic mass is 9.77. The molecular formula is C34H42BN5O4. The number of nitrogens with zero attached hydrogens (tertiary/aromatic N) is 4. The summed E-state index contributed by atoms with van der Waals surface area (Å²) >= 11 is 0. The number of benzene rings is 2. The Hall–Kier alpha value is -3.89. The number of amides is 1. The second kappa shape index (κ2) is 11.2. The van der Waals surface area contributed by atoms with Crippen molar-refractivity contribution in [2.45, 2.75) is 84.2 Å². The average Bonchev–Trinajstić information content (AvgIpc) is 3.46. The van der Waals surface area contributed by atoms with Gasteiger partial charge in [-0.2, -0.15) is 0 Å². The van der Waals surface area contributed by atoms with Crippen molar-refractivity contribution < 1.29 is 18.8 Å². The van der Waals surface area contributed by atoms with Crippen molar-refractivity contribution in [1.29, 1.82) is 0 Å². The van der Waals surface area contributed by atoms with Crippen LogP contribution in [-0.2, 0) is 14.0 Å². The number of likely N-dealkylation sites (tertiary alicyclic amines) is 1. The molecule has 4 aromatic rings. The summed E-state index contributed by atoms with van der Waals surface area (Å²) in [5.74, 6) is 0.493. The van der Waals surface area contributed by atoms with Gasteiger partial charge in [-0.05, 0) is 79.5 Å². The summed E-state index contributed by atoms with van der Waals surface area (Å²) in [6, 6.07) is 18.6. The minimum Gasteiger partial charge on any atom is -0.444 e. The van der Waals surface area contributed by atoms with Gasteiger partial charge in [0.2, 0.25) is 5.95 Å². The summed E-state index contributed by atoms with van der Waals surface area (Å²) in [4.78, 5) is 24.5. The van der Waals surface area contributed by atoms with Crippen LogP contribution in [0.25, 0.3) is 27.8 Å². The van der Waals surface area contributed by atoms with Crippen LogP contribution in [-0.4, -0.2) is 68.6 Å². The number of piperidine rings is 1. The molecule has 2 aliphatic rings.